The van der Waals surface area contributed by atoms with Crippen LogP contribution in [-0.2, 0) is 11.2 Å². The van der Waals surface area contributed by atoms with E-state index in [0.717, 1.165) is 6.42 Å². The van der Waals surface area contributed by atoms with Gasteiger partial charge in [-0.05, 0) is 50.3 Å². The highest BCUT2D eigenvalue weighted by molar-refractivity contribution is 5.78. The molecule has 2 nitrogen and oxygen atoms in total. The highest BCUT2D eigenvalue weighted by Gasteiger charge is 2.18. The third kappa shape index (κ3) is 3.97. The van der Waals surface area contributed by atoms with Crippen LogP contribution in [0.5, 0.6) is 0 Å². The van der Waals surface area contributed by atoms with E-state index in [1.54, 1.807) is 6.92 Å². The average Bonchev–Trinajstić information content (AvgIpc) is 2.29. The molecule has 17 heavy (non-hydrogen) atoms. The third-order valence-corrected chi connectivity index (χ3v) is 3.52. The molecule has 0 amide bonds. The number of hydrogen-bond acceptors (Lipinski definition) is 2. The fourth-order valence-electron chi connectivity index (χ4n) is 1.79. The molecule has 0 aromatic heterocycles. The maximum atomic E-state index is 11.1. The molecule has 0 saturated carbocycles. The Bertz CT molecular complexity index is 396. The molecule has 2 atom stereocenters. The molecule has 0 bridgehead atoms. The highest BCUT2D eigenvalue weighted by atomic mass is 16.3. The Hall–Kier alpha value is -1.15. The maximum absolute atomic E-state index is 11.1. The minimum absolute atomic E-state index is 0.0533. The van der Waals surface area contributed by atoms with Crippen molar-refractivity contribution < 1.29 is 9.90 Å². The van der Waals surface area contributed by atoms with Gasteiger partial charge in [-0.3, -0.25) is 4.79 Å². The van der Waals surface area contributed by atoms with Gasteiger partial charge in [-0.2, -0.15) is 0 Å². The summed E-state index contributed by atoms with van der Waals surface area (Å²) in [7, 11) is 0. The van der Waals surface area contributed by atoms with Crippen LogP contribution in [0.1, 0.15) is 37.0 Å². The largest absolute Gasteiger partial charge is 0.392 e. The maximum Gasteiger partial charge on any atom is 0.135 e. The molecule has 0 spiro atoms. The van der Waals surface area contributed by atoms with E-state index in [1.807, 2.05) is 0 Å². The molecule has 0 saturated heterocycles. The summed E-state index contributed by atoms with van der Waals surface area (Å²) in [4.78, 5) is 11.1. The lowest BCUT2D eigenvalue weighted by molar-refractivity contribution is -0.123. The molecule has 0 heterocycles. The van der Waals surface area contributed by atoms with Crippen LogP contribution in [0.25, 0.3) is 0 Å². The van der Waals surface area contributed by atoms with Gasteiger partial charge in [-0.15, -0.1) is 0 Å². The normalized spacial score (nSPS) is 14.4. The van der Waals surface area contributed by atoms with Crippen LogP contribution in [0, 0.1) is 19.8 Å². The zero-order valence-electron chi connectivity index (χ0n) is 11.2. The minimum Gasteiger partial charge on any atom is -0.392 e. The number of carbonyl (C=O) groups is 1. The summed E-state index contributed by atoms with van der Waals surface area (Å²) in [6.45, 7) is 7.50. The van der Waals surface area contributed by atoms with E-state index in [1.165, 1.54) is 23.6 Å². The van der Waals surface area contributed by atoms with Crippen molar-refractivity contribution in [2.24, 2.45) is 5.92 Å². The summed E-state index contributed by atoms with van der Waals surface area (Å²) in [6, 6.07) is 6.35. The van der Waals surface area contributed by atoms with E-state index in [9.17, 15) is 9.90 Å². The van der Waals surface area contributed by atoms with E-state index in [4.69, 9.17) is 0 Å². The van der Waals surface area contributed by atoms with Crippen molar-refractivity contribution in [2.45, 2.75) is 46.6 Å². The predicted molar refractivity (Wildman–Crippen MR) is 70.1 cm³/mol. The van der Waals surface area contributed by atoms with Crippen LogP contribution in [0.3, 0.4) is 0 Å². The Kier molecular flexibility index (Phi) is 4.88. The molecule has 2 heteroatoms. The van der Waals surface area contributed by atoms with Crippen molar-refractivity contribution >= 4 is 5.78 Å². The van der Waals surface area contributed by atoms with Crippen LogP contribution in [0.15, 0.2) is 18.2 Å². The van der Waals surface area contributed by atoms with Gasteiger partial charge >= 0.3 is 0 Å². The molecule has 1 aromatic carbocycles. The Morgan fingerprint density at radius 3 is 2.47 bits per heavy atom. The Labute approximate surface area is 104 Å². The quantitative estimate of drug-likeness (QED) is 0.850. The van der Waals surface area contributed by atoms with Crippen LogP contribution >= 0.6 is 0 Å². The summed E-state index contributed by atoms with van der Waals surface area (Å²) in [6.07, 6.45) is 0.928. The molecule has 0 aliphatic carbocycles. The summed E-state index contributed by atoms with van der Waals surface area (Å²) >= 11 is 0. The van der Waals surface area contributed by atoms with E-state index in [-0.39, 0.29) is 11.7 Å². The number of aryl methyl sites for hydroxylation is 3. The lowest BCUT2D eigenvalue weighted by atomic mass is 9.94. The summed E-state index contributed by atoms with van der Waals surface area (Å²) < 4.78 is 0. The lowest BCUT2D eigenvalue weighted by Gasteiger charge is -2.16. The number of ketones is 1. The second kappa shape index (κ2) is 5.97. The Morgan fingerprint density at radius 2 is 1.94 bits per heavy atom. The molecular formula is C15H22O2. The fraction of sp³-hybridized carbons (Fsp3) is 0.533. The lowest BCUT2D eigenvalue weighted by Crippen LogP contribution is -2.24. The Balaban J connectivity index is 2.55. The first kappa shape index (κ1) is 13.9. The summed E-state index contributed by atoms with van der Waals surface area (Å²) in [5, 5.41) is 9.85. The van der Waals surface area contributed by atoms with Crippen molar-refractivity contribution in [1.82, 2.24) is 0 Å². The summed E-state index contributed by atoms with van der Waals surface area (Å²) in [5.41, 5.74) is 3.78. The number of hydrogen-bond donors (Lipinski definition) is 1. The Morgan fingerprint density at radius 1 is 1.29 bits per heavy atom. The second-order valence-corrected chi connectivity index (χ2v) is 4.92. The molecule has 0 aliphatic heterocycles. The zero-order chi connectivity index (χ0) is 13.0. The molecule has 0 aliphatic rings. The zero-order valence-corrected chi connectivity index (χ0v) is 11.2. The van der Waals surface area contributed by atoms with E-state index >= 15 is 0 Å². The van der Waals surface area contributed by atoms with E-state index in [0.29, 0.717) is 6.42 Å². The predicted octanol–water partition coefficient (Wildman–Crippen LogP) is 2.82. The van der Waals surface area contributed by atoms with Crippen LogP contribution in [0.4, 0.5) is 0 Å². The standard InChI is InChI=1S/C15H22O2/c1-10-5-6-14(9-11(10)2)7-8-15(17)12(3)13(4)16/h5-6,9,12,15,17H,7-8H2,1-4H3. The first-order chi connectivity index (χ1) is 7.91. The van der Waals surface area contributed by atoms with Crippen LogP contribution in [0.2, 0.25) is 0 Å². The van der Waals surface area contributed by atoms with Crippen molar-refractivity contribution in [2.75, 3.05) is 0 Å². The molecular weight excluding hydrogens is 212 g/mol. The summed E-state index contributed by atoms with van der Waals surface area (Å²) in [5.74, 6) is -0.209. The van der Waals surface area contributed by atoms with Crippen molar-refractivity contribution in [3.63, 3.8) is 0 Å². The van der Waals surface area contributed by atoms with E-state index < -0.39 is 6.10 Å². The van der Waals surface area contributed by atoms with Crippen molar-refractivity contribution in [3.05, 3.63) is 34.9 Å². The number of rotatable bonds is 5. The highest BCUT2D eigenvalue weighted by Crippen LogP contribution is 2.15. The van der Waals surface area contributed by atoms with Gasteiger partial charge in [0.1, 0.15) is 5.78 Å². The van der Waals surface area contributed by atoms with Crippen molar-refractivity contribution in [3.8, 4) is 0 Å². The second-order valence-electron chi connectivity index (χ2n) is 4.92. The van der Waals surface area contributed by atoms with Gasteiger partial charge in [0.2, 0.25) is 0 Å². The molecule has 1 N–H and O–H groups in total. The first-order valence-corrected chi connectivity index (χ1v) is 6.16. The van der Waals surface area contributed by atoms with Crippen LogP contribution in [-0.4, -0.2) is 17.0 Å². The van der Waals surface area contributed by atoms with Gasteiger partial charge in [0.15, 0.2) is 0 Å². The SMILES string of the molecule is CC(=O)C(C)C(O)CCc1ccc(C)c(C)c1. The van der Waals surface area contributed by atoms with Gasteiger partial charge < -0.3 is 5.11 Å². The topological polar surface area (TPSA) is 37.3 Å². The first-order valence-electron chi connectivity index (χ1n) is 6.16. The number of aliphatic hydroxyl groups excluding tert-OH is 1. The van der Waals surface area contributed by atoms with Gasteiger partial charge in [-0.25, -0.2) is 0 Å². The third-order valence-electron chi connectivity index (χ3n) is 3.52. The smallest absolute Gasteiger partial charge is 0.135 e. The molecule has 0 fully saturated rings. The van der Waals surface area contributed by atoms with E-state index in [2.05, 4.69) is 32.0 Å². The minimum atomic E-state index is -0.533. The molecule has 94 valence electrons. The van der Waals surface area contributed by atoms with Gasteiger partial charge in [-0.1, -0.05) is 25.1 Å². The molecule has 2 unspecified atom stereocenters. The molecule has 1 rings (SSSR count). The molecule has 1 aromatic rings. The number of carbonyl (C=O) groups excluding carboxylic acids is 1. The number of aliphatic hydroxyl groups is 1. The average molecular weight is 234 g/mol. The number of Topliss-reactive ketones (excluding diaryl/α,β-unsaturated/α-hetero) is 1. The molecule has 0 radical (unpaired) electrons. The van der Waals surface area contributed by atoms with Crippen LogP contribution < -0.4 is 0 Å². The van der Waals surface area contributed by atoms with Gasteiger partial charge in [0.25, 0.3) is 0 Å². The number of benzene rings is 1. The van der Waals surface area contributed by atoms with Gasteiger partial charge in [0, 0.05) is 5.92 Å². The van der Waals surface area contributed by atoms with Gasteiger partial charge in [0.05, 0.1) is 6.10 Å². The monoisotopic (exact) mass is 234 g/mol. The fourth-order valence-corrected chi connectivity index (χ4v) is 1.79. The van der Waals surface area contributed by atoms with Crippen molar-refractivity contribution in [1.29, 1.82) is 0 Å².